The minimum absolute atomic E-state index is 0.0301. The number of hydrogen-bond donors (Lipinski definition) is 1. The van der Waals surface area contributed by atoms with Crippen molar-refractivity contribution < 1.29 is 49.0 Å². The van der Waals surface area contributed by atoms with Crippen LogP contribution >= 0.6 is 0 Å². The van der Waals surface area contributed by atoms with Crippen LogP contribution < -0.4 is 15.0 Å². The molecule has 1 amide bonds. The first kappa shape index (κ1) is 33.1. The molecule has 0 radical (unpaired) electrons. The smallest absolute Gasteiger partial charge is 0.416 e. The van der Waals surface area contributed by atoms with Gasteiger partial charge >= 0.3 is 12.4 Å². The van der Waals surface area contributed by atoms with Crippen LogP contribution in [-0.2, 0) is 27.3 Å². The van der Waals surface area contributed by atoms with Crippen molar-refractivity contribution in [2.45, 2.75) is 49.3 Å². The highest BCUT2D eigenvalue weighted by Gasteiger charge is 2.36. The van der Waals surface area contributed by atoms with E-state index in [-0.39, 0.29) is 48.1 Å². The molecule has 1 aliphatic rings. The summed E-state index contributed by atoms with van der Waals surface area (Å²) >= 11 is 0. The average Bonchev–Trinajstić information content (AvgIpc) is 3.37. The SMILES string of the molecule is CCS(=O)(=O)c1ccc(CNC(=O)c2ccc(N3CC(Oc4ccc(C(F)(F)F)cc4)C[C@H]3COCC(F)(F)F)nc2)cc1. The van der Waals surface area contributed by atoms with Gasteiger partial charge in [0.15, 0.2) is 9.84 Å². The van der Waals surface area contributed by atoms with E-state index >= 15 is 0 Å². The van der Waals surface area contributed by atoms with Crippen LogP contribution in [-0.4, -0.2) is 63.1 Å². The number of rotatable bonds is 11. The molecule has 4 rings (SSSR count). The van der Waals surface area contributed by atoms with Crippen LogP contribution in [0.25, 0.3) is 0 Å². The summed E-state index contributed by atoms with van der Waals surface area (Å²) in [5.41, 5.74) is 0.0429. The van der Waals surface area contributed by atoms with E-state index < -0.39 is 52.4 Å². The van der Waals surface area contributed by atoms with Gasteiger partial charge in [0.25, 0.3) is 5.91 Å². The lowest BCUT2D eigenvalue weighted by Gasteiger charge is -2.25. The lowest BCUT2D eigenvalue weighted by atomic mass is 10.2. The Labute approximate surface area is 249 Å². The number of amides is 1. The van der Waals surface area contributed by atoms with E-state index in [4.69, 9.17) is 9.47 Å². The topological polar surface area (TPSA) is 97.8 Å². The summed E-state index contributed by atoms with van der Waals surface area (Å²) in [5.74, 6) is 0.0246. The molecular weight excluding hydrogens is 616 g/mol. The zero-order valence-corrected chi connectivity index (χ0v) is 24.2. The van der Waals surface area contributed by atoms with Gasteiger partial charge in [-0.3, -0.25) is 4.79 Å². The number of nitrogens with zero attached hydrogens (tertiary/aromatic N) is 2. The Bertz CT molecular complexity index is 1510. The molecule has 0 saturated carbocycles. The fourth-order valence-corrected chi connectivity index (χ4v) is 5.46. The molecule has 238 valence electrons. The van der Waals surface area contributed by atoms with E-state index in [2.05, 4.69) is 10.3 Å². The molecule has 0 aliphatic carbocycles. The van der Waals surface area contributed by atoms with Gasteiger partial charge in [-0.2, -0.15) is 26.3 Å². The predicted octanol–water partition coefficient (Wildman–Crippen LogP) is 5.43. The molecule has 0 bridgehead atoms. The van der Waals surface area contributed by atoms with Crippen molar-refractivity contribution >= 4 is 21.6 Å². The number of nitrogens with one attached hydrogen (secondary N) is 1. The van der Waals surface area contributed by atoms with Gasteiger partial charge in [-0.25, -0.2) is 13.4 Å². The molecule has 1 saturated heterocycles. The summed E-state index contributed by atoms with van der Waals surface area (Å²) in [6, 6.07) is 12.7. The molecule has 2 atom stereocenters. The third-order valence-corrected chi connectivity index (χ3v) is 8.61. The molecule has 1 aromatic heterocycles. The van der Waals surface area contributed by atoms with Crippen LogP contribution in [0.3, 0.4) is 0 Å². The number of carbonyl (C=O) groups excluding carboxylic acids is 1. The van der Waals surface area contributed by atoms with E-state index in [0.717, 1.165) is 12.1 Å². The lowest BCUT2D eigenvalue weighted by Crippen LogP contribution is -2.35. The number of halogens is 6. The third kappa shape index (κ3) is 8.85. The Morgan fingerprint density at radius 2 is 1.68 bits per heavy atom. The average molecular weight is 646 g/mol. The van der Waals surface area contributed by atoms with Crippen molar-refractivity contribution in [1.82, 2.24) is 10.3 Å². The largest absolute Gasteiger partial charge is 0.489 e. The summed E-state index contributed by atoms with van der Waals surface area (Å²) in [7, 11) is -3.34. The Hall–Kier alpha value is -3.85. The maximum Gasteiger partial charge on any atom is 0.416 e. The molecule has 0 spiro atoms. The number of pyridine rings is 1. The molecule has 2 aromatic carbocycles. The van der Waals surface area contributed by atoms with Gasteiger partial charge < -0.3 is 19.7 Å². The summed E-state index contributed by atoms with van der Waals surface area (Å²) in [4.78, 5) is 18.8. The fourth-order valence-electron chi connectivity index (χ4n) is 4.58. The highest BCUT2D eigenvalue weighted by Crippen LogP contribution is 2.32. The number of aromatic nitrogens is 1. The quantitative estimate of drug-likeness (QED) is 0.278. The van der Waals surface area contributed by atoms with Gasteiger partial charge in [0.1, 0.15) is 24.3 Å². The minimum Gasteiger partial charge on any atom is -0.489 e. The third-order valence-electron chi connectivity index (χ3n) is 6.86. The van der Waals surface area contributed by atoms with Gasteiger partial charge in [0.05, 0.1) is 41.0 Å². The van der Waals surface area contributed by atoms with Crippen LogP contribution in [0.1, 0.15) is 34.8 Å². The molecule has 8 nitrogen and oxygen atoms in total. The normalized spacial score (nSPS) is 17.5. The predicted molar refractivity (Wildman–Crippen MR) is 148 cm³/mol. The fraction of sp³-hybridized carbons (Fsp3) is 0.379. The lowest BCUT2D eigenvalue weighted by molar-refractivity contribution is -0.174. The highest BCUT2D eigenvalue weighted by atomic mass is 32.2. The van der Waals surface area contributed by atoms with Crippen molar-refractivity contribution in [3.63, 3.8) is 0 Å². The van der Waals surface area contributed by atoms with Crippen molar-refractivity contribution in [2.75, 3.05) is 30.4 Å². The second-order valence-electron chi connectivity index (χ2n) is 10.1. The molecule has 2 heterocycles. The summed E-state index contributed by atoms with van der Waals surface area (Å²) < 4.78 is 111. The molecule has 15 heteroatoms. The van der Waals surface area contributed by atoms with E-state index in [1.54, 1.807) is 24.0 Å². The maximum atomic E-state index is 12.9. The summed E-state index contributed by atoms with van der Waals surface area (Å²) in [5, 5.41) is 2.72. The second-order valence-corrected chi connectivity index (χ2v) is 12.3. The molecule has 1 N–H and O–H groups in total. The van der Waals surface area contributed by atoms with Gasteiger partial charge in [-0.15, -0.1) is 0 Å². The van der Waals surface area contributed by atoms with E-state index in [1.165, 1.54) is 42.6 Å². The first-order valence-electron chi connectivity index (χ1n) is 13.5. The number of alkyl halides is 6. The summed E-state index contributed by atoms with van der Waals surface area (Å²) in [6.07, 6.45) is -8.11. The van der Waals surface area contributed by atoms with Crippen molar-refractivity contribution in [3.05, 3.63) is 83.6 Å². The Morgan fingerprint density at radius 1 is 1.00 bits per heavy atom. The maximum absolute atomic E-state index is 12.9. The zero-order valence-electron chi connectivity index (χ0n) is 23.4. The number of anilines is 1. The van der Waals surface area contributed by atoms with Gasteiger partial charge in [0, 0.05) is 19.2 Å². The molecule has 1 fully saturated rings. The van der Waals surface area contributed by atoms with Crippen LogP contribution in [0.5, 0.6) is 5.75 Å². The van der Waals surface area contributed by atoms with Crippen molar-refractivity contribution in [1.29, 1.82) is 0 Å². The van der Waals surface area contributed by atoms with Gasteiger partial charge in [0.2, 0.25) is 0 Å². The van der Waals surface area contributed by atoms with Crippen LogP contribution in [0, 0.1) is 0 Å². The van der Waals surface area contributed by atoms with Crippen LogP contribution in [0.4, 0.5) is 32.2 Å². The van der Waals surface area contributed by atoms with E-state index in [9.17, 15) is 39.6 Å². The molecule has 44 heavy (non-hydrogen) atoms. The first-order valence-corrected chi connectivity index (χ1v) is 15.1. The summed E-state index contributed by atoms with van der Waals surface area (Å²) in [6.45, 7) is 0.0635. The standard InChI is InChI=1S/C29H29F6N3O5S/c1-2-44(40,41)25-10-3-19(4-11-25)14-37-27(39)20-5-12-26(36-15-20)38-16-24(13-22(38)17-42-18-28(30,31)32)43-23-8-6-21(7-9-23)29(33,34)35/h3-12,15,22,24H,2,13-14,16-18H2,1H3,(H,37,39)/t22-,24?/m0/s1. The zero-order chi connectivity index (χ0) is 32.1. The van der Waals surface area contributed by atoms with Gasteiger partial charge in [-0.05, 0) is 54.1 Å². The Balaban J connectivity index is 1.40. The van der Waals surface area contributed by atoms with Crippen LogP contribution in [0.15, 0.2) is 71.8 Å². The number of hydrogen-bond acceptors (Lipinski definition) is 7. The monoisotopic (exact) mass is 645 g/mol. The molecule has 3 aromatic rings. The number of carbonyl (C=O) groups is 1. The second kappa shape index (κ2) is 13.4. The van der Waals surface area contributed by atoms with Crippen LogP contribution in [0.2, 0.25) is 0 Å². The number of sulfone groups is 1. The Morgan fingerprint density at radius 3 is 2.25 bits per heavy atom. The van der Waals surface area contributed by atoms with Crippen molar-refractivity contribution in [3.8, 4) is 5.75 Å². The molecule has 1 unspecified atom stereocenters. The molecule has 1 aliphatic heterocycles. The van der Waals surface area contributed by atoms with Crippen molar-refractivity contribution in [2.24, 2.45) is 0 Å². The highest BCUT2D eigenvalue weighted by molar-refractivity contribution is 7.91. The van der Waals surface area contributed by atoms with Gasteiger partial charge in [-0.1, -0.05) is 19.1 Å². The number of ether oxygens (including phenoxy) is 2. The Kier molecular flexibility index (Phi) is 10.1. The van der Waals surface area contributed by atoms with E-state index in [1.807, 2.05) is 0 Å². The minimum atomic E-state index is -4.53. The number of benzene rings is 2. The first-order chi connectivity index (χ1) is 20.6. The van der Waals surface area contributed by atoms with E-state index in [0.29, 0.717) is 11.4 Å². The molecular formula is C29H29F6N3O5S.